The smallest absolute Gasteiger partial charge is 0.153 e. The van der Waals surface area contributed by atoms with Crippen LogP contribution in [0, 0.1) is 0 Å². The van der Waals surface area contributed by atoms with Gasteiger partial charge in [0.15, 0.2) is 0 Å². The number of hydrogen-bond acceptors (Lipinski definition) is 0. The summed E-state index contributed by atoms with van der Waals surface area (Å²) in [6, 6.07) is 0. The molecular formula is C4H19IPV3+. The van der Waals surface area contributed by atoms with E-state index in [2.05, 4.69) is 0 Å². The maximum Gasteiger partial charge on any atom is 0.235 e. The molecular weight excluding hydrogens is 359 g/mol. The van der Waals surface area contributed by atoms with Gasteiger partial charge in [-0.05, 0) is 0 Å². The zero-order valence-corrected chi connectivity index (χ0v) is 13.5. The van der Waals surface area contributed by atoms with Gasteiger partial charge < -0.3 is 0 Å². The van der Waals surface area contributed by atoms with Crippen molar-refractivity contribution in [3.8, 4) is 0 Å². The van der Waals surface area contributed by atoms with Crippen LogP contribution >= 0.6 is 9.90 Å². The minimum absolute atomic E-state index is 0. The maximum atomic E-state index is 5.00. The first-order valence-electron chi connectivity index (χ1n) is 3.00. The summed E-state index contributed by atoms with van der Waals surface area (Å²) in [4.78, 5) is 0. The van der Waals surface area contributed by atoms with Gasteiger partial charge in [-0.3, -0.25) is 0 Å². The Labute approximate surface area is 120 Å². The van der Waals surface area contributed by atoms with Crippen molar-refractivity contribution in [3.63, 3.8) is 0 Å². The van der Waals surface area contributed by atoms with Crippen LogP contribution in [0.2, 0.25) is 0 Å². The van der Waals surface area contributed by atoms with Crippen molar-refractivity contribution >= 4 is 9.90 Å². The maximum absolute atomic E-state index is 5.00. The Morgan fingerprint density at radius 2 is 1.11 bits per heavy atom. The van der Waals surface area contributed by atoms with Crippen molar-refractivity contribution < 1.29 is 85.5 Å². The van der Waals surface area contributed by atoms with Crippen LogP contribution < -0.4 is 24.0 Å². The Morgan fingerprint density at radius 3 is 1.11 bits per heavy atom. The van der Waals surface area contributed by atoms with Gasteiger partial charge in [-0.15, -0.1) is 0 Å². The third-order valence-corrected chi connectivity index (χ3v) is 1.000. The van der Waals surface area contributed by atoms with Crippen LogP contribution in [0.3, 0.4) is 0 Å². The standard InChI is InChI=1S/C4H8.H2I.H3P.3V.3H2/c1-2-4-3-1;;;;;;;;/h1-4H2;1H2;1H3;;;;3*1H/q;+1;;;;;;;/i;;;;;;1+2D;1+2;. The van der Waals surface area contributed by atoms with E-state index in [0.29, 0.717) is 0 Å². The molecule has 3 radical (unpaired) electrons. The fourth-order valence-corrected chi connectivity index (χ4v) is 0.250. The van der Waals surface area contributed by atoms with Crippen LogP contribution in [0.25, 0.3) is 0 Å². The Morgan fingerprint density at radius 1 is 1.00 bits per heavy atom. The van der Waals surface area contributed by atoms with Gasteiger partial charge in [-0.1, -0.05) is 25.7 Å². The predicted molar refractivity (Wildman–Crippen MR) is 38.7 cm³/mol. The predicted octanol–water partition coefficient (Wildman–Crippen LogP) is -1.18. The van der Waals surface area contributed by atoms with Crippen molar-refractivity contribution in [3.05, 3.63) is 0 Å². The van der Waals surface area contributed by atoms with Crippen LogP contribution in [-0.2, 0) is 55.7 Å². The van der Waals surface area contributed by atoms with E-state index in [9.17, 15) is 0 Å². The third-order valence-electron chi connectivity index (χ3n) is 1.000. The monoisotopic (exact) mass is 383 g/mol. The van der Waals surface area contributed by atoms with Gasteiger partial charge in [0.2, 0.25) is 24.0 Å². The molecule has 0 saturated heterocycles. The normalized spacial score (nSPS) is 11.6. The van der Waals surface area contributed by atoms with Crippen molar-refractivity contribution in [2.75, 3.05) is 0 Å². The van der Waals surface area contributed by atoms with Gasteiger partial charge in [-0.2, -0.15) is 9.90 Å². The van der Waals surface area contributed by atoms with Gasteiger partial charge in [0.05, 0.1) is 0 Å². The molecule has 1 aliphatic rings. The summed E-state index contributed by atoms with van der Waals surface area (Å²) in [5.41, 5.74) is 0. The quantitative estimate of drug-likeness (QED) is 0.365. The van der Waals surface area contributed by atoms with Crippen molar-refractivity contribution in [2.45, 2.75) is 25.7 Å². The van der Waals surface area contributed by atoms with E-state index in [4.69, 9.17) is 2.97 Å². The number of rotatable bonds is 0. The molecule has 1 atom stereocenters. The number of hydrogen-bond donors (Lipinski definition) is 0. The van der Waals surface area contributed by atoms with Crippen LogP contribution in [0.15, 0.2) is 0 Å². The largest absolute Gasteiger partial charge is 0.235 e. The average molecular weight is 383 g/mol. The van der Waals surface area contributed by atoms with E-state index in [-0.39, 0.29) is 92.4 Å². The SMILES string of the molecule is C1CCC1.P.[2H][3H].[3HH].[HH].[IH2+].[V].[V].[V]. The van der Waals surface area contributed by atoms with Crippen LogP contribution in [0.5, 0.6) is 0 Å². The molecule has 1 saturated carbocycles. The fraction of sp³-hybridized carbons (Fsp3) is 1.00. The fourth-order valence-electron chi connectivity index (χ4n) is 0.250. The molecule has 0 aromatic carbocycles. The molecule has 0 aromatic rings. The average Bonchev–Trinajstić information content (AvgIpc) is 1.36. The summed E-state index contributed by atoms with van der Waals surface area (Å²) < 4.78 is 10.0. The zero-order chi connectivity index (χ0) is 4.83. The second kappa shape index (κ2) is 22.4. The zero-order valence-electron chi connectivity index (χ0n) is 7.32. The first kappa shape index (κ1) is 22.7. The first-order chi connectivity index (χ1) is 3.00. The second-order valence-corrected chi connectivity index (χ2v) is 1.41. The molecule has 0 bridgehead atoms. The first-order valence-corrected chi connectivity index (χ1v) is 2.00. The third kappa shape index (κ3) is 18.1. The van der Waals surface area contributed by atoms with Gasteiger partial charge in [0.1, 0.15) is 0 Å². The van der Waals surface area contributed by atoms with Crippen LogP contribution in [0.4, 0.5) is 0 Å². The van der Waals surface area contributed by atoms with Crippen LogP contribution in [0.1, 0.15) is 31.5 Å². The molecule has 0 heterocycles. The molecule has 61 valence electrons. The molecule has 0 aromatic heterocycles. The Hall–Kier alpha value is 2.91. The van der Waals surface area contributed by atoms with Crippen molar-refractivity contribution in [1.29, 1.82) is 0 Å². The summed E-state index contributed by atoms with van der Waals surface area (Å²) in [6.45, 7) is 0. The Balaban J connectivity index is -0.00000000446. The molecule has 1 unspecified atom stereocenters. The minimum Gasteiger partial charge on any atom is -0.153 e. The van der Waals surface area contributed by atoms with E-state index >= 15 is 0 Å². The van der Waals surface area contributed by atoms with Crippen molar-refractivity contribution in [1.82, 2.24) is 0 Å². The Kier molecular flexibility index (Phi) is 56.5. The van der Waals surface area contributed by atoms with Gasteiger partial charge in [0.25, 0.3) is 0 Å². The summed E-state index contributed by atoms with van der Waals surface area (Å²) in [7, 11) is 0. The van der Waals surface area contributed by atoms with E-state index in [0.717, 1.165) is 0 Å². The summed E-state index contributed by atoms with van der Waals surface area (Å²) in [5, 5.41) is 0. The molecule has 0 spiro atoms. The second-order valence-electron chi connectivity index (χ2n) is 1.41. The summed E-state index contributed by atoms with van der Waals surface area (Å²) >= 11 is 0. The molecule has 1 aliphatic carbocycles. The van der Waals surface area contributed by atoms with Crippen molar-refractivity contribution in [2.24, 2.45) is 0 Å². The van der Waals surface area contributed by atoms with Gasteiger partial charge in [-0.25, -0.2) is 0 Å². The van der Waals surface area contributed by atoms with E-state index in [1.165, 1.54) is 25.7 Å². The molecule has 1 rings (SSSR count). The molecule has 0 nitrogen and oxygen atoms in total. The molecule has 0 amide bonds. The Bertz CT molecular complexity index is 35.4. The molecule has 0 aliphatic heterocycles. The topological polar surface area (TPSA) is 0 Å². The molecule has 0 N–H and O–H groups in total. The van der Waals surface area contributed by atoms with E-state index in [1.807, 2.05) is 0 Å². The van der Waals surface area contributed by atoms with E-state index < -0.39 is 0 Å². The molecule has 5 heteroatoms. The van der Waals surface area contributed by atoms with Gasteiger partial charge in [0, 0.05) is 61.5 Å². The minimum atomic E-state index is 0. The van der Waals surface area contributed by atoms with Crippen LogP contribution in [-0.4, -0.2) is 0 Å². The van der Waals surface area contributed by atoms with E-state index in [1.54, 1.807) is 0 Å². The van der Waals surface area contributed by atoms with Gasteiger partial charge >= 0.3 is 0 Å². The molecule has 1 fully saturated rings. The number of halogens is 1. The summed E-state index contributed by atoms with van der Waals surface area (Å²) in [6.07, 6.45) is 6.00. The summed E-state index contributed by atoms with van der Waals surface area (Å²) in [5.74, 6) is 0. The molecule has 9 heavy (non-hydrogen) atoms.